The third kappa shape index (κ3) is 4.42. The molecule has 4 rings (SSSR count). The van der Waals surface area contributed by atoms with E-state index in [2.05, 4.69) is 19.2 Å². The number of rotatable bonds is 3. The van der Waals surface area contributed by atoms with Crippen molar-refractivity contribution >= 4 is 35.3 Å². The van der Waals surface area contributed by atoms with Gasteiger partial charge in [-0.3, -0.25) is 9.59 Å². The lowest BCUT2D eigenvalue weighted by atomic mass is 9.78. The van der Waals surface area contributed by atoms with E-state index in [1.54, 1.807) is 11.9 Å². The highest BCUT2D eigenvalue weighted by Crippen LogP contribution is 2.42. The predicted molar refractivity (Wildman–Crippen MR) is 128 cm³/mol. The van der Waals surface area contributed by atoms with E-state index in [9.17, 15) is 9.59 Å². The number of benzene rings is 2. The molecule has 1 heterocycles. The molecule has 1 aliphatic heterocycles. The Hall–Kier alpha value is -2.53. The average Bonchev–Trinajstić information content (AvgIpc) is 2.76. The van der Waals surface area contributed by atoms with Crippen LogP contribution in [-0.2, 0) is 4.79 Å². The molecule has 0 unspecified atom stereocenters. The second-order valence-corrected chi connectivity index (χ2v) is 9.94. The standard InChI is InChI=1S/C26H30N2O2S/c1-16-9-7-11-21(18(16)3)27-25(29)20-12-13-23-22(14-20)28(4)26(30)24(31-23)15-19-10-6-5-8-17(19)2/h5-6,8,10,12-16,18,21H,7,9,11H2,1-4H3,(H,27,29)/b24-15-/t16-,18-,21-/m1/s1. The lowest BCUT2D eigenvalue weighted by Crippen LogP contribution is -2.43. The molecule has 0 radical (unpaired) electrons. The molecule has 4 nitrogen and oxygen atoms in total. The normalized spacial score (nSPS) is 24.8. The number of fused-ring (bicyclic) bond motifs is 1. The van der Waals surface area contributed by atoms with Crippen molar-refractivity contribution in [1.82, 2.24) is 5.32 Å². The van der Waals surface area contributed by atoms with Gasteiger partial charge in [0.1, 0.15) is 0 Å². The Labute approximate surface area is 189 Å². The molecule has 1 aliphatic carbocycles. The molecule has 0 bridgehead atoms. The Morgan fingerprint density at radius 3 is 2.71 bits per heavy atom. The number of hydrogen-bond donors (Lipinski definition) is 1. The molecule has 2 aromatic carbocycles. The third-order valence-corrected chi connectivity index (χ3v) is 7.89. The zero-order valence-electron chi connectivity index (χ0n) is 18.6. The molecule has 31 heavy (non-hydrogen) atoms. The summed E-state index contributed by atoms with van der Waals surface area (Å²) in [6.07, 6.45) is 5.37. The summed E-state index contributed by atoms with van der Waals surface area (Å²) < 4.78 is 0. The van der Waals surface area contributed by atoms with Crippen LogP contribution in [-0.4, -0.2) is 24.9 Å². The Morgan fingerprint density at radius 1 is 1.16 bits per heavy atom. The molecule has 0 saturated heterocycles. The maximum absolute atomic E-state index is 13.0. The maximum atomic E-state index is 13.0. The molecule has 1 N–H and O–H groups in total. The van der Waals surface area contributed by atoms with Crippen LogP contribution in [0.25, 0.3) is 6.08 Å². The molecule has 2 amide bonds. The number of likely N-dealkylation sites (N-methyl/N-ethyl adjacent to an activating group) is 1. The molecule has 162 valence electrons. The second-order valence-electron chi connectivity index (χ2n) is 8.86. The van der Waals surface area contributed by atoms with Crippen LogP contribution in [0.4, 0.5) is 5.69 Å². The van der Waals surface area contributed by atoms with Crippen LogP contribution in [0.2, 0.25) is 0 Å². The molecule has 2 aliphatic rings. The van der Waals surface area contributed by atoms with E-state index < -0.39 is 0 Å². The van der Waals surface area contributed by atoms with Crippen molar-refractivity contribution in [2.75, 3.05) is 11.9 Å². The van der Waals surface area contributed by atoms with Crippen molar-refractivity contribution in [3.05, 3.63) is 64.1 Å². The number of carbonyl (C=O) groups excluding carboxylic acids is 2. The van der Waals surface area contributed by atoms with Gasteiger partial charge in [-0.1, -0.05) is 62.7 Å². The summed E-state index contributed by atoms with van der Waals surface area (Å²) in [6, 6.07) is 13.9. The summed E-state index contributed by atoms with van der Waals surface area (Å²) in [6.45, 7) is 6.54. The van der Waals surface area contributed by atoms with Crippen LogP contribution in [0.5, 0.6) is 0 Å². The van der Waals surface area contributed by atoms with Crippen molar-refractivity contribution < 1.29 is 9.59 Å². The van der Waals surface area contributed by atoms with Crippen molar-refractivity contribution in [3.63, 3.8) is 0 Å². The summed E-state index contributed by atoms with van der Waals surface area (Å²) >= 11 is 1.47. The highest BCUT2D eigenvalue weighted by atomic mass is 32.2. The zero-order chi connectivity index (χ0) is 22.1. The van der Waals surface area contributed by atoms with Crippen LogP contribution >= 0.6 is 11.8 Å². The van der Waals surface area contributed by atoms with Crippen molar-refractivity contribution in [2.45, 2.75) is 51.0 Å². The molecular formula is C26H30N2O2S. The number of hydrogen-bond acceptors (Lipinski definition) is 3. The third-order valence-electron chi connectivity index (χ3n) is 6.82. The van der Waals surface area contributed by atoms with Gasteiger partial charge in [0.2, 0.25) is 0 Å². The van der Waals surface area contributed by atoms with Gasteiger partial charge in [0.05, 0.1) is 10.6 Å². The van der Waals surface area contributed by atoms with Gasteiger partial charge in [0, 0.05) is 23.5 Å². The predicted octanol–water partition coefficient (Wildman–Crippen LogP) is 5.66. The fraction of sp³-hybridized carbons (Fsp3) is 0.385. The minimum Gasteiger partial charge on any atom is -0.349 e. The fourth-order valence-electron chi connectivity index (χ4n) is 4.46. The number of nitrogens with one attached hydrogen (secondary N) is 1. The lowest BCUT2D eigenvalue weighted by molar-refractivity contribution is -0.114. The minimum absolute atomic E-state index is 0.0481. The molecule has 1 saturated carbocycles. The van der Waals surface area contributed by atoms with Crippen LogP contribution < -0.4 is 10.2 Å². The molecule has 0 aromatic heterocycles. The van der Waals surface area contributed by atoms with E-state index in [4.69, 9.17) is 0 Å². The van der Waals surface area contributed by atoms with Gasteiger partial charge in [-0.2, -0.15) is 0 Å². The first-order valence-electron chi connectivity index (χ1n) is 11.0. The van der Waals surface area contributed by atoms with Gasteiger partial charge in [0.25, 0.3) is 11.8 Å². The van der Waals surface area contributed by atoms with Crippen molar-refractivity contribution in [1.29, 1.82) is 0 Å². The van der Waals surface area contributed by atoms with Gasteiger partial charge < -0.3 is 10.2 Å². The first-order valence-corrected chi connectivity index (χ1v) is 11.8. The van der Waals surface area contributed by atoms with E-state index in [0.717, 1.165) is 34.6 Å². The van der Waals surface area contributed by atoms with Crippen LogP contribution in [0, 0.1) is 18.8 Å². The van der Waals surface area contributed by atoms with E-state index in [0.29, 0.717) is 22.3 Å². The summed E-state index contributed by atoms with van der Waals surface area (Å²) in [5.41, 5.74) is 3.57. The SMILES string of the molecule is Cc1ccccc1/C=C1\Sc2ccc(C(=O)N[C@@H]3CCC[C@@H](C)[C@H]3C)cc2N(C)C1=O. The van der Waals surface area contributed by atoms with Gasteiger partial charge >= 0.3 is 0 Å². The summed E-state index contributed by atoms with van der Waals surface area (Å²) in [5.74, 6) is 0.999. The monoisotopic (exact) mass is 434 g/mol. The first kappa shape index (κ1) is 21.7. The number of anilines is 1. The number of aryl methyl sites for hydroxylation is 1. The fourth-order valence-corrected chi connectivity index (χ4v) is 5.55. The van der Waals surface area contributed by atoms with Crippen molar-refractivity contribution in [3.8, 4) is 0 Å². The van der Waals surface area contributed by atoms with Crippen LogP contribution in [0.1, 0.15) is 54.6 Å². The van der Waals surface area contributed by atoms with E-state index in [1.807, 2.05) is 55.5 Å². The second kappa shape index (κ2) is 8.91. The van der Waals surface area contributed by atoms with Crippen LogP contribution in [0.3, 0.4) is 0 Å². The minimum atomic E-state index is -0.0548. The Bertz CT molecular complexity index is 1050. The topological polar surface area (TPSA) is 49.4 Å². The first-order chi connectivity index (χ1) is 14.8. The molecule has 2 aromatic rings. The van der Waals surface area contributed by atoms with Gasteiger partial charge in [-0.05, 0) is 60.6 Å². The van der Waals surface area contributed by atoms with E-state index >= 15 is 0 Å². The zero-order valence-corrected chi connectivity index (χ0v) is 19.5. The number of thioether (sulfide) groups is 1. The molecule has 5 heteroatoms. The molecule has 3 atom stereocenters. The molecule has 1 fully saturated rings. The van der Waals surface area contributed by atoms with Gasteiger partial charge in [-0.15, -0.1) is 0 Å². The summed E-state index contributed by atoms with van der Waals surface area (Å²) in [5, 5.41) is 3.24. The van der Waals surface area contributed by atoms with Gasteiger partial charge in [0.15, 0.2) is 0 Å². The smallest absolute Gasteiger partial charge is 0.264 e. The summed E-state index contributed by atoms with van der Waals surface area (Å²) in [4.78, 5) is 29.3. The molecular weight excluding hydrogens is 404 g/mol. The quantitative estimate of drug-likeness (QED) is 0.634. The summed E-state index contributed by atoms with van der Waals surface area (Å²) in [7, 11) is 1.78. The van der Waals surface area contributed by atoms with Crippen LogP contribution in [0.15, 0.2) is 52.3 Å². The highest BCUT2D eigenvalue weighted by Gasteiger charge is 2.30. The van der Waals surface area contributed by atoms with Gasteiger partial charge in [-0.25, -0.2) is 0 Å². The number of carbonyl (C=O) groups is 2. The highest BCUT2D eigenvalue weighted by molar-refractivity contribution is 8.04. The average molecular weight is 435 g/mol. The van der Waals surface area contributed by atoms with E-state index in [-0.39, 0.29) is 17.9 Å². The Kier molecular flexibility index (Phi) is 6.24. The van der Waals surface area contributed by atoms with E-state index in [1.165, 1.54) is 18.2 Å². The largest absolute Gasteiger partial charge is 0.349 e. The lowest BCUT2D eigenvalue weighted by Gasteiger charge is -2.34. The molecule has 0 spiro atoms. The maximum Gasteiger partial charge on any atom is 0.264 e. The Morgan fingerprint density at radius 2 is 1.94 bits per heavy atom. The Balaban J connectivity index is 1.56. The number of amides is 2. The number of nitrogens with zero attached hydrogens (tertiary/aromatic N) is 1. The van der Waals surface area contributed by atoms with Crippen molar-refractivity contribution in [2.24, 2.45) is 11.8 Å².